The molecule has 1 aromatic carbocycles. The fourth-order valence-corrected chi connectivity index (χ4v) is 2.14. The van der Waals surface area contributed by atoms with Gasteiger partial charge in [0.1, 0.15) is 0 Å². The fourth-order valence-electron chi connectivity index (χ4n) is 2.02. The number of likely N-dealkylation sites (tertiary alicyclic amines) is 1. The highest BCUT2D eigenvalue weighted by atomic mass is 35.5. The molecule has 19 heavy (non-hydrogen) atoms. The number of nitrogens with two attached hydrogens (primary N) is 1. The number of benzene rings is 1. The Balaban J connectivity index is 1.90. The van der Waals surface area contributed by atoms with E-state index in [4.69, 9.17) is 17.3 Å². The molecule has 1 saturated heterocycles. The third-order valence-electron chi connectivity index (χ3n) is 3.12. The summed E-state index contributed by atoms with van der Waals surface area (Å²) >= 11 is 5.78. The summed E-state index contributed by atoms with van der Waals surface area (Å²) in [4.78, 5) is 25.4. The quantitative estimate of drug-likeness (QED) is 0.820. The third-order valence-corrected chi connectivity index (χ3v) is 3.46. The highest BCUT2D eigenvalue weighted by Crippen LogP contribution is 2.19. The Morgan fingerprint density at radius 3 is 2.63 bits per heavy atom. The zero-order valence-corrected chi connectivity index (χ0v) is 11.2. The molecule has 1 heterocycles. The topological polar surface area (TPSA) is 75.4 Å². The van der Waals surface area contributed by atoms with Crippen molar-refractivity contribution in [3.8, 4) is 0 Å². The van der Waals surface area contributed by atoms with E-state index in [0.717, 1.165) is 25.9 Å². The smallest absolute Gasteiger partial charge is 0.251 e. The number of halogens is 1. The molecular weight excluding hydrogens is 266 g/mol. The Morgan fingerprint density at radius 1 is 1.32 bits per heavy atom. The van der Waals surface area contributed by atoms with E-state index in [1.807, 2.05) is 0 Å². The average molecular weight is 282 g/mol. The van der Waals surface area contributed by atoms with Gasteiger partial charge >= 0.3 is 0 Å². The highest BCUT2D eigenvalue weighted by Gasteiger charge is 2.18. The van der Waals surface area contributed by atoms with E-state index in [1.165, 1.54) is 6.07 Å². The SMILES string of the molecule is Nc1cc(C(=O)NCC(=O)N2CCCC2)ccc1Cl. The van der Waals surface area contributed by atoms with Gasteiger partial charge in [-0.1, -0.05) is 11.6 Å². The average Bonchev–Trinajstić information content (AvgIpc) is 2.92. The van der Waals surface area contributed by atoms with Gasteiger partial charge in [-0.05, 0) is 31.0 Å². The monoisotopic (exact) mass is 281 g/mol. The number of hydrogen-bond acceptors (Lipinski definition) is 3. The predicted octanol–water partition coefficient (Wildman–Crippen LogP) is 1.27. The van der Waals surface area contributed by atoms with Crippen LogP contribution in [0.1, 0.15) is 23.2 Å². The molecule has 1 aliphatic rings. The number of amides is 2. The van der Waals surface area contributed by atoms with E-state index in [9.17, 15) is 9.59 Å². The Labute approximate surface area is 116 Å². The van der Waals surface area contributed by atoms with Crippen LogP contribution in [-0.4, -0.2) is 36.3 Å². The minimum atomic E-state index is -0.323. The lowest BCUT2D eigenvalue weighted by Crippen LogP contribution is -2.38. The van der Waals surface area contributed by atoms with Crippen LogP contribution in [-0.2, 0) is 4.79 Å². The first kappa shape index (κ1) is 13.7. The number of rotatable bonds is 3. The molecule has 2 amide bonds. The lowest BCUT2D eigenvalue weighted by atomic mass is 10.2. The summed E-state index contributed by atoms with van der Waals surface area (Å²) in [6.07, 6.45) is 2.07. The first-order chi connectivity index (χ1) is 9.08. The highest BCUT2D eigenvalue weighted by molar-refractivity contribution is 6.33. The molecule has 6 heteroatoms. The molecule has 0 bridgehead atoms. The van der Waals surface area contributed by atoms with E-state index in [-0.39, 0.29) is 18.4 Å². The van der Waals surface area contributed by atoms with E-state index in [1.54, 1.807) is 17.0 Å². The van der Waals surface area contributed by atoms with Crippen LogP contribution < -0.4 is 11.1 Å². The van der Waals surface area contributed by atoms with Crippen molar-refractivity contribution in [3.63, 3.8) is 0 Å². The summed E-state index contributed by atoms with van der Waals surface area (Å²) in [7, 11) is 0. The van der Waals surface area contributed by atoms with Gasteiger partial charge in [0.05, 0.1) is 17.3 Å². The molecule has 0 saturated carbocycles. The second kappa shape index (κ2) is 5.93. The normalized spacial score (nSPS) is 14.5. The minimum absolute atomic E-state index is 0.0152. The number of nitrogens with one attached hydrogen (secondary N) is 1. The Bertz CT molecular complexity index is 499. The van der Waals surface area contributed by atoms with Crippen molar-refractivity contribution in [2.45, 2.75) is 12.8 Å². The zero-order chi connectivity index (χ0) is 13.8. The van der Waals surface area contributed by atoms with Crippen molar-refractivity contribution in [1.29, 1.82) is 0 Å². The van der Waals surface area contributed by atoms with Gasteiger partial charge in [0.15, 0.2) is 0 Å². The first-order valence-electron chi connectivity index (χ1n) is 6.19. The number of nitrogens with zero attached hydrogens (tertiary/aromatic N) is 1. The maximum atomic E-state index is 11.8. The van der Waals surface area contributed by atoms with Crippen molar-refractivity contribution in [1.82, 2.24) is 10.2 Å². The van der Waals surface area contributed by atoms with Gasteiger partial charge in [-0.2, -0.15) is 0 Å². The van der Waals surface area contributed by atoms with Crippen molar-refractivity contribution >= 4 is 29.1 Å². The Morgan fingerprint density at radius 2 is 2.00 bits per heavy atom. The summed E-state index contributed by atoms with van der Waals surface area (Å²) in [6.45, 7) is 1.58. The molecule has 0 aliphatic carbocycles. The van der Waals surface area contributed by atoms with Crippen LogP contribution in [0.4, 0.5) is 5.69 Å². The second-order valence-corrected chi connectivity index (χ2v) is 4.91. The zero-order valence-electron chi connectivity index (χ0n) is 10.5. The molecule has 2 rings (SSSR count). The predicted molar refractivity (Wildman–Crippen MR) is 74.0 cm³/mol. The summed E-state index contributed by atoms with van der Waals surface area (Å²) in [6, 6.07) is 4.64. The number of carbonyl (C=O) groups is 2. The first-order valence-corrected chi connectivity index (χ1v) is 6.57. The third kappa shape index (κ3) is 3.38. The lowest BCUT2D eigenvalue weighted by molar-refractivity contribution is -0.129. The van der Waals surface area contributed by atoms with Crippen LogP contribution in [0.3, 0.4) is 0 Å². The van der Waals surface area contributed by atoms with Gasteiger partial charge < -0.3 is 16.0 Å². The molecule has 1 aliphatic heterocycles. The van der Waals surface area contributed by atoms with Crippen LogP contribution in [0.2, 0.25) is 5.02 Å². The molecule has 0 spiro atoms. The number of anilines is 1. The van der Waals surface area contributed by atoms with Gasteiger partial charge in [0.25, 0.3) is 5.91 Å². The molecule has 5 nitrogen and oxygen atoms in total. The standard InChI is InChI=1S/C13H16ClN3O2/c14-10-4-3-9(7-11(10)15)13(19)16-8-12(18)17-5-1-2-6-17/h3-4,7H,1-2,5-6,8,15H2,(H,16,19). The largest absolute Gasteiger partial charge is 0.398 e. The molecule has 1 aromatic rings. The van der Waals surface area contributed by atoms with Gasteiger partial charge in [0.2, 0.25) is 5.91 Å². The van der Waals surface area contributed by atoms with Crippen molar-refractivity contribution in [3.05, 3.63) is 28.8 Å². The maximum absolute atomic E-state index is 11.8. The number of hydrogen-bond donors (Lipinski definition) is 2. The molecular formula is C13H16ClN3O2. The molecule has 0 radical (unpaired) electrons. The number of carbonyl (C=O) groups excluding carboxylic acids is 2. The minimum Gasteiger partial charge on any atom is -0.398 e. The van der Waals surface area contributed by atoms with Gasteiger partial charge in [-0.15, -0.1) is 0 Å². The Hall–Kier alpha value is -1.75. The van der Waals surface area contributed by atoms with Crippen molar-refractivity contribution < 1.29 is 9.59 Å². The van der Waals surface area contributed by atoms with E-state index >= 15 is 0 Å². The van der Waals surface area contributed by atoms with Crippen LogP contribution >= 0.6 is 11.6 Å². The summed E-state index contributed by atoms with van der Waals surface area (Å²) in [5.74, 6) is -0.372. The van der Waals surface area contributed by atoms with E-state index in [0.29, 0.717) is 16.3 Å². The van der Waals surface area contributed by atoms with Gasteiger partial charge in [-0.3, -0.25) is 9.59 Å². The molecule has 0 aromatic heterocycles. The summed E-state index contributed by atoms with van der Waals surface area (Å²) in [5.41, 5.74) is 6.37. The van der Waals surface area contributed by atoms with Crippen LogP contribution in [0.15, 0.2) is 18.2 Å². The summed E-state index contributed by atoms with van der Waals surface area (Å²) in [5, 5.41) is 3.00. The van der Waals surface area contributed by atoms with Gasteiger partial charge in [0, 0.05) is 18.7 Å². The second-order valence-electron chi connectivity index (χ2n) is 4.51. The number of nitrogen functional groups attached to an aromatic ring is 1. The van der Waals surface area contributed by atoms with Gasteiger partial charge in [-0.25, -0.2) is 0 Å². The fraction of sp³-hybridized carbons (Fsp3) is 0.385. The molecule has 3 N–H and O–H groups in total. The van der Waals surface area contributed by atoms with Crippen LogP contribution in [0, 0.1) is 0 Å². The van der Waals surface area contributed by atoms with Crippen LogP contribution in [0.5, 0.6) is 0 Å². The lowest BCUT2D eigenvalue weighted by Gasteiger charge is -2.15. The maximum Gasteiger partial charge on any atom is 0.251 e. The molecule has 0 unspecified atom stereocenters. The molecule has 0 atom stereocenters. The van der Waals surface area contributed by atoms with E-state index in [2.05, 4.69) is 5.32 Å². The Kier molecular flexibility index (Phi) is 4.27. The van der Waals surface area contributed by atoms with E-state index < -0.39 is 0 Å². The summed E-state index contributed by atoms with van der Waals surface area (Å²) < 4.78 is 0. The van der Waals surface area contributed by atoms with Crippen molar-refractivity contribution in [2.24, 2.45) is 0 Å². The molecule has 102 valence electrons. The van der Waals surface area contributed by atoms with Crippen molar-refractivity contribution in [2.75, 3.05) is 25.4 Å². The molecule has 1 fully saturated rings. The van der Waals surface area contributed by atoms with Crippen LogP contribution in [0.25, 0.3) is 0 Å².